The summed E-state index contributed by atoms with van der Waals surface area (Å²) >= 11 is 5.89. The molecule has 0 saturated heterocycles. The molecular weight excluding hydrogens is 433 g/mol. The molecule has 1 N–H and O–H groups in total. The van der Waals surface area contributed by atoms with Crippen molar-refractivity contribution in [1.82, 2.24) is 24.9 Å². The van der Waals surface area contributed by atoms with Crippen LogP contribution in [-0.4, -0.2) is 31.5 Å². The second kappa shape index (κ2) is 9.09. The van der Waals surface area contributed by atoms with Gasteiger partial charge >= 0.3 is 0 Å². The highest BCUT2D eigenvalue weighted by Crippen LogP contribution is 2.29. The normalized spacial score (nSPS) is 11.0. The second-order valence-corrected chi connectivity index (χ2v) is 6.73. The highest BCUT2D eigenvalue weighted by Gasteiger charge is 2.17. The number of nitrogens with one attached hydrogen (secondary N) is 1. The van der Waals surface area contributed by atoms with Gasteiger partial charge in [0.05, 0.1) is 12.4 Å². The predicted octanol–water partition coefficient (Wildman–Crippen LogP) is 4.66. The number of rotatable bonds is 7. The van der Waals surface area contributed by atoms with Crippen molar-refractivity contribution >= 4 is 28.6 Å². The Kier molecular flexibility index (Phi) is 6.08. The molecule has 1 aromatic carbocycles. The van der Waals surface area contributed by atoms with Gasteiger partial charge < -0.3 is 10.1 Å². The first-order chi connectivity index (χ1) is 15.0. The van der Waals surface area contributed by atoms with Gasteiger partial charge in [-0.3, -0.25) is 4.98 Å². The van der Waals surface area contributed by atoms with Crippen LogP contribution in [-0.2, 0) is 13.1 Å². The average molecular weight is 447 g/mol. The minimum atomic E-state index is -1.16. The first-order valence-corrected chi connectivity index (χ1v) is 9.45. The summed E-state index contributed by atoms with van der Waals surface area (Å²) in [4.78, 5) is 19.9. The Bertz CT molecular complexity index is 1230. The summed E-state index contributed by atoms with van der Waals surface area (Å²) in [6.07, 6.45) is 4.13. The summed E-state index contributed by atoms with van der Waals surface area (Å²) in [5.74, 6) is -2.14. The predicted molar refractivity (Wildman–Crippen MR) is 108 cm³/mol. The number of aromatic nitrogens is 5. The van der Waals surface area contributed by atoms with Crippen molar-refractivity contribution in [2.75, 3.05) is 11.9 Å². The van der Waals surface area contributed by atoms with Gasteiger partial charge in [-0.1, -0.05) is 23.7 Å². The smallest absolute Gasteiger partial charge is 0.202 e. The molecule has 0 unspecified atom stereocenters. The molecule has 0 spiro atoms. The Hall–Kier alpha value is -3.53. The van der Waals surface area contributed by atoms with Crippen LogP contribution in [0.5, 0.6) is 11.5 Å². The number of alkyl halides is 1. The van der Waals surface area contributed by atoms with Gasteiger partial charge in [0.1, 0.15) is 29.6 Å². The van der Waals surface area contributed by atoms with Gasteiger partial charge in [-0.15, -0.1) is 0 Å². The third-order valence-corrected chi connectivity index (χ3v) is 4.48. The number of nitrogens with zero attached hydrogens (tertiary/aromatic N) is 5. The molecule has 7 nitrogen and oxygen atoms in total. The van der Waals surface area contributed by atoms with Crippen LogP contribution in [0.3, 0.4) is 0 Å². The van der Waals surface area contributed by atoms with Gasteiger partial charge in [0.15, 0.2) is 28.6 Å². The Morgan fingerprint density at radius 2 is 1.81 bits per heavy atom. The molecule has 0 aliphatic carbocycles. The molecule has 11 heteroatoms. The summed E-state index contributed by atoms with van der Waals surface area (Å²) in [7, 11) is 0. The minimum absolute atomic E-state index is 0.206. The summed E-state index contributed by atoms with van der Waals surface area (Å²) in [5, 5.41) is 3.40. The van der Waals surface area contributed by atoms with Crippen molar-refractivity contribution in [2.24, 2.45) is 0 Å². The number of ether oxygens (including phenoxy) is 1. The van der Waals surface area contributed by atoms with Crippen LogP contribution in [0.15, 0.2) is 43.0 Å². The molecule has 0 radical (unpaired) electrons. The van der Waals surface area contributed by atoms with Crippen molar-refractivity contribution in [1.29, 1.82) is 0 Å². The van der Waals surface area contributed by atoms with Gasteiger partial charge in [0.2, 0.25) is 5.75 Å². The van der Waals surface area contributed by atoms with E-state index < -0.39 is 29.8 Å². The number of anilines is 1. The Morgan fingerprint density at radius 1 is 1.00 bits per heavy atom. The molecule has 0 fully saturated rings. The highest BCUT2D eigenvalue weighted by atomic mass is 35.5. The van der Waals surface area contributed by atoms with E-state index in [4.69, 9.17) is 16.3 Å². The molecule has 3 aromatic heterocycles. The number of fused-ring (bicyclic) bond motifs is 1. The largest absolute Gasteiger partial charge is 0.451 e. The van der Waals surface area contributed by atoms with E-state index in [1.54, 1.807) is 24.3 Å². The van der Waals surface area contributed by atoms with Crippen molar-refractivity contribution in [3.05, 3.63) is 71.0 Å². The molecule has 3 heterocycles. The van der Waals surface area contributed by atoms with E-state index in [2.05, 4.69) is 30.2 Å². The molecule has 0 aliphatic rings. The van der Waals surface area contributed by atoms with Crippen LogP contribution >= 0.6 is 11.6 Å². The highest BCUT2D eigenvalue weighted by molar-refractivity contribution is 6.29. The van der Waals surface area contributed by atoms with Gasteiger partial charge in [0, 0.05) is 6.54 Å². The van der Waals surface area contributed by atoms with Crippen LogP contribution in [0.4, 0.5) is 19.0 Å². The summed E-state index contributed by atoms with van der Waals surface area (Å²) in [6, 6.07) is 6.63. The van der Waals surface area contributed by atoms with Crippen LogP contribution in [0, 0.1) is 11.6 Å². The maximum atomic E-state index is 14.1. The van der Waals surface area contributed by atoms with Crippen molar-refractivity contribution in [2.45, 2.75) is 13.1 Å². The van der Waals surface area contributed by atoms with E-state index in [1.165, 1.54) is 12.5 Å². The van der Waals surface area contributed by atoms with Crippen molar-refractivity contribution in [3.63, 3.8) is 0 Å². The first kappa shape index (κ1) is 20.7. The lowest BCUT2D eigenvalue weighted by Gasteiger charge is -2.10. The van der Waals surface area contributed by atoms with Crippen LogP contribution in [0.1, 0.15) is 11.3 Å². The van der Waals surface area contributed by atoms with Crippen LogP contribution < -0.4 is 10.1 Å². The molecule has 0 aliphatic heterocycles. The van der Waals surface area contributed by atoms with E-state index in [0.29, 0.717) is 29.9 Å². The monoisotopic (exact) mass is 446 g/mol. The van der Waals surface area contributed by atoms with Crippen molar-refractivity contribution in [3.8, 4) is 11.5 Å². The summed E-state index contributed by atoms with van der Waals surface area (Å²) in [6.45, 7) is -0.637. The van der Waals surface area contributed by atoms with Crippen LogP contribution in [0.2, 0.25) is 5.15 Å². The first-order valence-electron chi connectivity index (χ1n) is 9.08. The number of hydrogen-bond acceptors (Lipinski definition) is 7. The maximum absolute atomic E-state index is 14.1. The summed E-state index contributed by atoms with van der Waals surface area (Å²) < 4.78 is 45.8. The molecular formula is C20H14ClF3N6O. The fourth-order valence-corrected chi connectivity index (χ4v) is 2.92. The van der Waals surface area contributed by atoms with Crippen molar-refractivity contribution < 1.29 is 17.9 Å². The molecule has 0 atom stereocenters. The molecule has 0 amide bonds. The molecule has 158 valence electrons. The van der Waals surface area contributed by atoms with E-state index in [0.717, 1.165) is 11.8 Å². The maximum Gasteiger partial charge on any atom is 0.202 e. The fraction of sp³-hybridized carbons (Fsp3) is 0.150. The zero-order chi connectivity index (χ0) is 21.8. The van der Waals surface area contributed by atoms with Gasteiger partial charge in [-0.2, -0.15) is 0 Å². The number of pyridine rings is 1. The van der Waals surface area contributed by atoms with E-state index in [1.807, 2.05) is 0 Å². The minimum Gasteiger partial charge on any atom is -0.451 e. The van der Waals surface area contributed by atoms with Crippen LogP contribution in [0.25, 0.3) is 11.2 Å². The van der Waals surface area contributed by atoms with Gasteiger partial charge in [0.25, 0.3) is 0 Å². The SMILES string of the molecule is FCc1ncc(F)c(Oc2ccc(CCNc3ncnc4ncc(Cl)nc34)cc2)c1F. The number of hydrogen-bond donors (Lipinski definition) is 1. The van der Waals surface area contributed by atoms with E-state index in [9.17, 15) is 13.2 Å². The third-order valence-electron chi connectivity index (χ3n) is 4.29. The lowest BCUT2D eigenvalue weighted by Crippen LogP contribution is -2.08. The number of benzene rings is 1. The Labute approximate surface area is 179 Å². The summed E-state index contributed by atoms with van der Waals surface area (Å²) in [5.41, 5.74) is 1.31. The molecule has 31 heavy (non-hydrogen) atoms. The van der Waals surface area contributed by atoms with E-state index >= 15 is 0 Å². The lowest BCUT2D eigenvalue weighted by atomic mass is 10.1. The topological polar surface area (TPSA) is 85.7 Å². The molecule has 4 aromatic rings. The van der Waals surface area contributed by atoms with Gasteiger partial charge in [-0.25, -0.2) is 33.1 Å². The standard InChI is InChI=1S/C20H14ClF3N6O/c21-15-9-27-20-17(30-15)19(28-10-29-20)25-6-5-11-1-3-12(4-2-11)31-18-13(23)8-26-14(7-22)16(18)24/h1-4,8-10H,5-7H2,(H,25,27,28,29). The average Bonchev–Trinajstić information content (AvgIpc) is 2.78. The lowest BCUT2D eigenvalue weighted by molar-refractivity contribution is 0.385. The number of halogens is 4. The Balaban J connectivity index is 1.41. The van der Waals surface area contributed by atoms with E-state index in [-0.39, 0.29) is 10.9 Å². The molecule has 0 saturated carbocycles. The third kappa shape index (κ3) is 4.64. The molecule has 0 bridgehead atoms. The second-order valence-electron chi connectivity index (χ2n) is 6.34. The quantitative estimate of drug-likeness (QED) is 0.441. The van der Waals surface area contributed by atoms with Gasteiger partial charge in [-0.05, 0) is 24.1 Å². The Morgan fingerprint density at radius 3 is 2.58 bits per heavy atom. The zero-order valence-electron chi connectivity index (χ0n) is 15.8. The molecule has 4 rings (SSSR count). The fourth-order valence-electron chi connectivity index (χ4n) is 2.79. The zero-order valence-corrected chi connectivity index (χ0v) is 16.6.